The second-order valence-corrected chi connectivity index (χ2v) is 5.04. The zero-order chi connectivity index (χ0) is 13.7. The number of imidazole rings is 1. The highest BCUT2D eigenvalue weighted by Crippen LogP contribution is 2.16. The van der Waals surface area contributed by atoms with Crippen LogP contribution in [0.4, 0.5) is 5.82 Å². The van der Waals surface area contributed by atoms with Crippen LogP contribution in [0.5, 0.6) is 0 Å². The third-order valence-electron chi connectivity index (χ3n) is 2.47. The molecule has 1 unspecified atom stereocenters. The Morgan fingerprint density at radius 1 is 1.72 bits per heavy atom. The Labute approximate surface area is 108 Å². The van der Waals surface area contributed by atoms with E-state index in [4.69, 9.17) is 5.11 Å². The normalized spacial score (nSPS) is 12.3. The number of aliphatic carboxylic acids is 1. The van der Waals surface area contributed by atoms with Gasteiger partial charge in [0, 0.05) is 18.4 Å². The smallest absolute Gasteiger partial charge is 0.342 e. The first-order chi connectivity index (χ1) is 8.43. The zero-order valence-electron chi connectivity index (χ0n) is 10.2. The molecular weight excluding hydrogens is 258 g/mol. The van der Waals surface area contributed by atoms with Gasteiger partial charge in [0.15, 0.2) is 5.82 Å². The molecule has 1 rings (SSSR count). The first-order valence-electron chi connectivity index (χ1n) is 5.40. The van der Waals surface area contributed by atoms with Gasteiger partial charge >= 0.3 is 11.8 Å². The number of rotatable bonds is 7. The van der Waals surface area contributed by atoms with Crippen molar-refractivity contribution in [1.29, 1.82) is 0 Å². The Balaban J connectivity index is 2.47. The summed E-state index contributed by atoms with van der Waals surface area (Å²) in [6.45, 7) is 3.80. The zero-order valence-corrected chi connectivity index (χ0v) is 11.0. The van der Waals surface area contributed by atoms with E-state index in [0.29, 0.717) is 23.9 Å². The largest absolute Gasteiger partial charge is 0.481 e. The van der Waals surface area contributed by atoms with Crippen LogP contribution in [0.25, 0.3) is 0 Å². The van der Waals surface area contributed by atoms with Gasteiger partial charge in [0.25, 0.3) is 0 Å². The van der Waals surface area contributed by atoms with Gasteiger partial charge in [-0.05, 0) is 4.92 Å². The highest BCUT2D eigenvalue weighted by Gasteiger charge is 2.17. The van der Waals surface area contributed by atoms with Gasteiger partial charge in [-0.15, -0.1) is 0 Å². The quantitative estimate of drug-likeness (QED) is 0.460. The average Bonchev–Trinajstić information content (AvgIpc) is 2.66. The van der Waals surface area contributed by atoms with E-state index in [1.165, 1.54) is 22.5 Å². The predicted molar refractivity (Wildman–Crippen MR) is 67.7 cm³/mol. The number of carbonyl (C=O) groups is 1. The fourth-order valence-corrected chi connectivity index (χ4v) is 2.34. The molecule has 1 aromatic heterocycles. The topological polar surface area (TPSA) is 98.3 Å². The lowest BCUT2D eigenvalue weighted by Crippen LogP contribution is -2.13. The van der Waals surface area contributed by atoms with Crippen molar-refractivity contribution < 1.29 is 14.8 Å². The molecule has 0 aliphatic rings. The summed E-state index contributed by atoms with van der Waals surface area (Å²) in [6, 6.07) is 0. The Bertz CT molecular complexity index is 446. The maximum atomic E-state index is 10.7. The summed E-state index contributed by atoms with van der Waals surface area (Å²) in [6.07, 6.45) is 1.24. The van der Waals surface area contributed by atoms with Crippen LogP contribution in [0.2, 0.25) is 0 Å². The monoisotopic (exact) mass is 273 g/mol. The highest BCUT2D eigenvalue weighted by molar-refractivity contribution is 7.99. The summed E-state index contributed by atoms with van der Waals surface area (Å²) in [5, 5.41) is 19.4. The molecule has 0 aliphatic heterocycles. The average molecular weight is 273 g/mol. The van der Waals surface area contributed by atoms with Gasteiger partial charge in [0.2, 0.25) is 0 Å². The molecule has 0 aliphatic carbocycles. The molecule has 0 bridgehead atoms. The Hall–Kier alpha value is -1.57. The molecule has 0 radical (unpaired) electrons. The van der Waals surface area contributed by atoms with Crippen LogP contribution in [0.3, 0.4) is 0 Å². The number of nitrogens with zero attached hydrogens (tertiary/aromatic N) is 3. The maximum Gasteiger partial charge on any atom is 0.342 e. The van der Waals surface area contributed by atoms with Crippen LogP contribution in [0, 0.1) is 23.0 Å². The Morgan fingerprint density at radius 2 is 2.39 bits per heavy atom. The molecule has 0 spiro atoms. The molecule has 1 heterocycles. The molecule has 8 heteroatoms. The van der Waals surface area contributed by atoms with Gasteiger partial charge in [-0.3, -0.25) is 4.79 Å². The lowest BCUT2D eigenvalue weighted by molar-refractivity contribution is -0.392. The molecule has 1 aromatic rings. The number of nitro groups is 1. The van der Waals surface area contributed by atoms with Crippen LogP contribution in [-0.4, -0.2) is 37.1 Å². The Morgan fingerprint density at radius 3 is 2.94 bits per heavy atom. The fraction of sp³-hybridized carbons (Fsp3) is 0.600. The summed E-state index contributed by atoms with van der Waals surface area (Å²) in [5.74, 6) is 0.445. The molecule has 100 valence electrons. The van der Waals surface area contributed by atoms with Crippen molar-refractivity contribution >= 4 is 23.5 Å². The van der Waals surface area contributed by atoms with Crippen LogP contribution < -0.4 is 0 Å². The summed E-state index contributed by atoms with van der Waals surface area (Å²) >= 11 is 1.46. The minimum Gasteiger partial charge on any atom is -0.481 e. The number of carboxylic acids is 1. The number of carboxylic acid groups (broad SMARTS) is 1. The van der Waals surface area contributed by atoms with E-state index >= 15 is 0 Å². The van der Waals surface area contributed by atoms with Crippen molar-refractivity contribution in [2.24, 2.45) is 5.92 Å². The molecule has 18 heavy (non-hydrogen) atoms. The van der Waals surface area contributed by atoms with Crippen molar-refractivity contribution in [3.8, 4) is 0 Å². The van der Waals surface area contributed by atoms with Crippen molar-refractivity contribution in [2.45, 2.75) is 20.4 Å². The minimum absolute atomic E-state index is 0.0283. The van der Waals surface area contributed by atoms with Crippen molar-refractivity contribution in [2.75, 3.05) is 11.5 Å². The van der Waals surface area contributed by atoms with Crippen molar-refractivity contribution in [3.63, 3.8) is 0 Å². The molecule has 0 aromatic carbocycles. The molecule has 1 N–H and O–H groups in total. The summed E-state index contributed by atoms with van der Waals surface area (Å²) in [4.78, 5) is 24.8. The number of hydrogen-bond donors (Lipinski definition) is 1. The van der Waals surface area contributed by atoms with E-state index in [-0.39, 0.29) is 5.82 Å². The standard InChI is InChI=1S/C10H15N3O4S/c1-7(10(14)15)6-18-4-3-12-8(2)11-5-9(12)13(16)17/h5,7H,3-4,6H2,1-2H3,(H,14,15). The summed E-state index contributed by atoms with van der Waals surface area (Å²) in [7, 11) is 0. The maximum absolute atomic E-state index is 10.7. The molecule has 7 nitrogen and oxygen atoms in total. The third-order valence-corrected chi connectivity index (χ3v) is 3.68. The van der Waals surface area contributed by atoms with E-state index in [2.05, 4.69) is 4.98 Å². The second-order valence-electron chi connectivity index (χ2n) is 3.89. The molecular formula is C10H15N3O4S. The number of aromatic nitrogens is 2. The SMILES string of the molecule is Cc1ncc([N+](=O)[O-])n1CCSCC(C)C(=O)O. The van der Waals surface area contributed by atoms with Crippen molar-refractivity contribution in [3.05, 3.63) is 22.1 Å². The summed E-state index contributed by atoms with van der Waals surface area (Å²) in [5.41, 5.74) is 0. The molecule has 0 amide bonds. The minimum atomic E-state index is -0.827. The van der Waals surface area contributed by atoms with Crippen molar-refractivity contribution in [1.82, 2.24) is 9.55 Å². The van der Waals surface area contributed by atoms with Crippen LogP contribution in [0.15, 0.2) is 6.20 Å². The van der Waals surface area contributed by atoms with Crippen LogP contribution in [-0.2, 0) is 11.3 Å². The van der Waals surface area contributed by atoms with E-state index in [1.807, 2.05) is 0 Å². The van der Waals surface area contributed by atoms with Gasteiger partial charge < -0.3 is 15.2 Å². The molecule has 0 saturated carbocycles. The first kappa shape index (κ1) is 14.5. The lowest BCUT2D eigenvalue weighted by Gasteiger charge is -2.05. The Kier molecular flexibility index (Phi) is 5.14. The van der Waals surface area contributed by atoms with Crippen LogP contribution in [0.1, 0.15) is 12.7 Å². The van der Waals surface area contributed by atoms with Gasteiger partial charge in [0.1, 0.15) is 12.7 Å². The third kappa shape index (κ3) is 3.73. The highest BCUT2D eigenvalue weighted by atomic mass is 32.2. The lowest BCUT2D eigenvalue weighted by atomic mass is 10.2. The molecule has 0 fully saturated rings. The fourth-order valence-electron chi connectivity index (χ4n) is 1.37. The van der Waals surface area contributed by atoms with E-state index in [9.17, 15) is 14.9 Å². The molecule has 0 saturated heterocycles. The van der Waals surface area contributed by atoms with Crippen LogP contribution >= 0.6 is 11.8 Å². The van der Waals surface area contributed by atoms with Gasteiger partial charge in [0.05, 0.1) is 5.92 Å². The summed E-state index contributed by atoms with van der Waals surface area (Å²) < 4.78 is 1.53. The van der Waals surface area contributed by atoms with Gasteiger partial charge in [-0.25, -0.2) is 9.55 Å². The number of hydrogen-bond acceptors (Lipinski definition) is 5. The first-order valence-corrected chi connectivity index (χ1v) is 6.56. The van der Waals surface area contributed by atoms with E-state index in [1.54, 1.807) is 13.8 Å². The predicted octanol–water partition coefficient (Wildman–Crippen LogP) is 1.55. The number of aryl methyl sites for hydroxylation is 1. The number of thioether (sulfide) groups is 1. The van der Waals surface area contributed by atoms with Gasteiger partial charge in [-0.1, -0.05) is 6.92 Å². The molecule has 1 atom stereocenters. The van der Waals surface area contributed by atoms with Gasteiger partial charge in [-0.2, -0.15) is 11.8 Å². The second kappa shape index (κ2) is 6.39. The van der Waals surface area contributed by atoms with E-state index in [0.717, 1.165) is 0 Å². The van der Waals surface area contributed by atoms with E-state index < -0.39 is 16.8 Å².